The van der Waals surface area contributed by atoms with Gasteiger partial charge in [-0.15, -0.1) is 5.10 Å². The molecule has 1 saturated heterocycles. The number of aromatic nitrogens is 4. The Morgan fingerprint density at radius 2 is 2.29 bits per heavy atom. The van der Waals surface area contributed by atoms with Crippen LogP contribution in [0.15, 0.2) is 30.7 Å². The Bertz CT molecular complexity index is 581. The number of likely N-dealkylation sites (tertiary alicyclic amines) is 1. The van der Waals surface area contributed by atoms with Crippen molar-refractivity contribution in [3.05, 3.63) is 42.0 Å². The molecule has 21 heavy (non-hydrogen) atoms. The van der Waals surface area contributed by atoms with E-state index in [1.165, 1.54) is 0 Å². The second kappa shape index (κ2) is 5.91. The number of pyridine rings is 1. The van der Waals surface area contributed by atoms with Crippen molar-refractivity contribution in [2.45, 2.75) is 26.4 Å². The molecular weight excluding hydrogens is 264 g/mol. The van der Waals surface area contributed by atoms with Gasteiger partial charge in [-0.05, 0) is 36.6 Å². The van der Waals surface area contributed by atoms with Crippen molar-refractivity contribution in [3.63, 3.8) is 0 Å². The van der Waals surface area contributed by atoms with E-state index in [0.717, 1.165) is 43.9 Å². The molecule has 2 aromatic rings. The standard InChI is InChI=1S/C15H22N6/c1-15(11-16)4-6-20(12-15)9-14-10-21(19-18-14)8-13-3-2-5-17-7-13/h2-3,5,7,10H,4,6,8-9,11-12,16H2,1H3. The van der Waals surface area contributed by atoms with Crippen LogP contribution in [0.5, 0.6) is 0 Å². The molecule has 1 aliphatic rings. The lowest BCUT2D eigenvalue weighted by molar-refractivity contribution is 0.272. The minimum Gasteiger partial charge on any atom is -0.330 e. The minimum atomic E-state index is 0.256. The predicted octanol–water partition coefficient (Wildman–Crippen LogP) is 0.892. The smallest absolute Gasteiger partial charge is 0.0967 e. The summed E-state index contributed by atoms with van der Waals surface area (Å²) in [6, 6.07) is 3.98. The van der Waals surface area contributed by atoms with E-state index in [0.29, 0.717) is 6.54 Å². The maximum atomic E-state index is 5.85. The van der Waals surface area contributed by atoms with Crippen LogP contribution in [-0.2, 0) is 13.1 Å². The molecule has 0 aromatic carbocycles. The van der Waals surface area contributed by atoms with Crippen molar-refractivity contribution in [3.8, 4) is 0 Å². The van der Waals surface area contributed by atoms with Crippen molar-refractivity contribution >= 4 is 0 Å². The molecule has 1 unspecified atom stereocenters. The highest BCUT2D eigenvalue weighted by Crippen LogP contribution is 2.29. The zero-order chi connectivity index (χ0) is 14.7. The van der Waals surface area contributed by atoms with E-state index < -0.39 is 0 Å². The lowest BCUT2D eigenvalue weighted by Gasteiger charge is -2.21. The second-order valence-corrected chi connectivity index (χ2v) is 6.24. The van der Waals surface area contributed by atoms with E-state index in [9.17, 15) is 0 Å². The predicted molar refractivity (Wildman–Crippen MR) is 80.4 cm³/mol. The van der Waals surface area contributed by atoms with Crippen LogP contribution in [0.4, 0.5) is 0 Å². The summed E-state index contributed by atoms with van der Waals surface area (Å²) >= 11 is 0. The Morgan fingerprint density at radius 3 is 3.00 bits per heavy atom. The van der Waals surface area contributed by atoms with Crippen molar-refractivity contribution in [2.24, 2.45) is 11.1 Å². The first kappa shape index (κ1) is 14.2. The van der Waals surface area contributed by atoms with Gasteiger partial charge < -0.3 is 5.73 Å². The van der Waals surface area contributed by atoms with Gasteiger partial charge >= 0.3 is 0 Å². The van der Waals surface area contributed by atoms with E-state index in [-0.39, 0.29) is 5.41 Å². The molecule has 0 radical (unpaired) electrons. The van der Waals surface area contributed by atoms with Gasteiger partial charge in [0.25, 0.3) is 0 Å². The van der Waals surface area contributed by atoms with Crippen LogP contribution >= 0.6 is 0 Å². The summed E-state index contributed by atoms with van der Waals surface area (Å²) in [5, 5.41) is 8.47. The van der Waals surface area contributed by atoms with Crippen molar-refractivity contribution in [2.75, 3.05) is 19.6 Å². The topological polar surface area (TPSA) is 72.9 Å². The Balaban J connectivity index is 1.59. The maximum Gasteiger partial charge on any atom is 0.0967 e. The minimum absolute atomic E-state index is 0.256. The molecule has 0 bridgehead atoms. The van der Waals surface area contributed by atoms with Crippen LogP contribution in [0.3, 0.4) is 0 Å². The Hall–Kier alpha value is -1.79. The molecule has 1 atom stereocenters. The molecule has 3 heterocycles. The molecule has 0 saturated carbocycles. The lowest BCUT2D eigenvalue weighted by atomic mass is 9.90. The van der Waals surface area contributed by atoms with Crippen LogP contribution in [0.25, 0.3) is 0 Å². The first-order valence-electron chi connectivity index (χ1n) is 7.37. The van der Waals surface area contributed by atoms with E-state index in [2.05, 4.69) is 27.1 Å². The Labute approximate surface area is 125 Å². The molecule has 3 rings (SSSR count). The normalized spacial score (nSPS) is 22.8. The molecule has 6 heteroatoms. The summed E-state index contributed by atoms with van der Waals surface area (Å²) in [5.74, 6) is 0. The summed E-state index contributed by atoms with van der Waals surface area (Å²) in [5.41, 5.74) is 8.25. The van der Waals surface area contributed by atoms with Crippen molar-refractivity contribution < 1.29 is 0 Å². The van der Waals surface area contributed by atoms with E-state index in [1.54, 1.807) is 6.20 Å². The van der Waals surface area contributed by atoms with Gasteiger partial charge in [-0.3, -0.25) is 9.88 Å². The zero-order valence-corrected chi connectivity index (χ0v) is 12.4. The van der Waals surface area contributed by atoms with Crippen molar-refractivity contribution in [1.82, 2.24) is 24.9 Å². The quantitative estimate of drug-likeness (QED) is 0.884. The first-order valence-corrected chi connectivity index (χ1v) is 7.37. The molecule has 0 aliphatic carbocycles. The average Bonchev–Trinajstić information content (AvgIpc) is 3.08. The fraction of sp³-hybridized carbons (Fsp3) is 0.533. The van der Waals surface area contributed by atoms with Crippen LogP contribution in [-0.4, -0.2) is 44.5 Å². The molecule has 1 aliphatic heterocycles. The van der Waals surface area contributed by atoms with Gasteiger partial charge in [0, 0.05) is 25.5 Å². The summed E-state index contributed by atoms with van der Waals surface area (Å²) in [6.45, 7) is 6.69. The highest BCUT2D eigenvalue weighted by atomic mass is 15.4. The Morgan fingerprint density at radius 1 is 1.38 bits per heavy atom. The third-order valence-electron chi connectivity index (χ3n) is 4.17. The van der Waals surface area contributed by atoms with Crippen LogP contribution in [0, 0.1) is 5.41 Å². The molecule has 112 valence electrons. The number of hydrogen-bond acceptors (Lipinski definition) is 5. The lowest BCUT2D eigenvalue weighted by Crippen LogP contribution is -2.31. The third-order valence-corrected chi connectivity index (χ3v) is 4.17. The largest absolute Gasteiger partial charge is 0.330 e. The zero-order valence-electron chi connectivity index (χ0n) is 12.4. The number of rotatable bonds is 5. The first-order chi connectivity index (χ1) is 10.2. The molecule has 0 amide bonds. The van der Waals surface area contributed by atoms with E-state index in [1.807, 2.05) is 29.2 Å². The highest BCUT2D eigenvalue weighted by Gasteiger charge is 2.32. The van der Waals surface area contributed by atoms with Crippen LogP contribution in [0.2, 0.25) is 0 Å². The molecule has 1 fully saturated rings. The fourth-order valence-electron chi connectivity index (χ4n) is 2.82. The second-order valence-electron chi connectivity index (χ2n) is 6.24. The van der Waals surface area contributed by atoms with Gasteiger partial charge in [-0.2, -0.15) is 0 Å². The molecule has 2 aromatic heterocycles. The summed E-state index contributed by atoms with van der Waals surface area (Å²) in [6.07, 6.45) is 6.81. The number of nitrogens with zero attached hydrogens (tertiary/aromatic N) is 5. The van der Waals surface area contributed by atoms with Crippen molar-refractivity contribution in [1.29, 1.82) is 0 Å². The van der Waals surface area contributed by atoms with Gasteiger partial charge in [0.1, 0.15) is 0 Å². The van der Waals surface area contributed by atoms with E-state index >= 15 is 0 Å². The summed E-state index contributed by atoms with van der Waals surface area (Å²) in [4.78, 5) is 6.52. The molecular formula is C15H22N6. The van der Waals surface area contributed by atoms with Gasteiger partial charge in [-0.25, -0.2) is 4.68 Å². The third kappa shape index (κ3) is 3.46. The maximum absolute atomic E-state index is 5.85. The fourth-order valence-corrected chi connectivity index (χ4v) is 2.82. The highest BCUT2D eigenvalue weighted by molar-refractivity contribution is 5.09. The van der Waals surface area contributed by atoms with Crippen LogP contribution < -0.4 is 5.73 Å². The SMILES string of the molecule is CC1(CN)CCN(Cc2cn(Cc3cccnc3)nn2)C1. The van der Waals surface area contributed by atoms with Gasteiger partial charge in [0.05, 0.1) is 18.4 Å². The number of nitrogens with two attached hydrogens (primary N) is 1. The number of hydrogen-bond donors (Lipinski definition) is 1. The van der Waals surface area contributed by atoms with Crippen LogP contribution in [0.1, 0.15) is 24.6 Å². The van der Waals surface area contributed by atoms with Gasteiger partial charge in [-0.1, -0.05) is 18.2 Å². The van der Waals surface area contributed by atoms with Gasteiger partial charge in [0.15, 0.2) is 0 Å². The summed E-state index contributed by atoms with van der Waals surface area (Å²) in [7, 11) is 0. The monoisotopic (exact) mass is 286 g/mol. The molecule has 0 spiro atoms. The van der Waals surface area contributed by atoms with E-state index in [4.69, 9.17) is 5.73 Å². The molecule has 6 nitrogen and oxygen atoms in total. The summed E-state index contributed by atoms with van der Waals surface area (Å²) < 4.78 is 1.87. The average molecular weight is 286 g/mol. The molecule has 2 N–H and O–H groups in total. The Kier molecular flexibility index (Phi) is 3.98. The van der Waals surface area contributed by atoms with Gasteiger partial charge in [0.2, 0.25) is 0 Å².